The molecule has 0 aromatic heterocycles. The van der Waals surface area contributed by atoms with Crippen LogP contribution in [0.4, 0.5) is 26.3 Å². The number of amides is 1. The highest BCUT2D eigenvalue weighted by atomic mass is 32.2. The molecule has 0 unspecified atom stereocenters. The molecule has 0 aliphatic carbocycles. The number of nitrogens with two attached hydrogens (primary N) is 1. The monoisotopic (exact) mass is 383 g/mol. The first-order valence-corrected chi connectivity index (χ1v) is 7.53. The fraction of sp³-hybridized carbons (Fsp3) is 0.833. The Hall–Kier alpha value is -1.13. The van der Waals surface area contributed by atoms with Gasteiger partial charge in [-0.05, 0) is 0 Å². The van der Waals surface area contributed by atoms with Crippen molar-refractivity contribution < 1.29 is 56.3 Å². The third-order valence-electron chi connectivity index (χ3n) is 1.82. The lowest BCUT2D eigenvalue weighted by Gasteiger charge is -2.15. The van der Waals surface area contributed by atoms with Crippen molar-refractivity contribution in [3.8, 4) is 0 Å². The van der Waals surface area contributed by atoms with Crippen LogP contribution in [0.15, 0.2) is 0 Å². The lowest BCUT2D eigenvalue weighted by molar-refractivity contribution is -0.124. The van der Waals surface area contributed by atoms with E-state index in [1.54, 1.807) is 0 Å². The van der Waals surface area contributed by atoms with Crippen LogP contribution < -0.4 is 5.73 Å². The van der Waals surface area contributed by atoms with Crippen molar-refractivity contribution in [2.24, 2.45) is 11.7 Å². The van der Waals surface area contributed by atoms with Crippen molar-refractivity contribution >= 4 is 26.1 Å². The van der Waals surface area contributed by atoms with Gasteiger partial charge in [-0.2, -0.15) is 43.2 Å². The van der Waals surface area contributed by atoms with Crippen molar-refractivity contribution in [3.63, 3.8) is 0 Å². The van der Waals surface area contributed by atoms with Crippen LogP contribution in [0.1, 0.15) is 0 Å². The third-order valence-corrected chi connectivity index (χ3v) is 3.84. The number of hydrogen-bond donors (Lipinski definition) is 1. The highest BCUT2D eigenvalue weighted by molar-refractivity contribution is 7.87. The minimum absolute atomic E-state index is 1.64. The van der Waals surface area contributed by atoms with Crippen molar-refractivity contribution in [2.75, 3.05) is 13.2 Å². The maximum atomic E-state index is 11.9. The molecule has 0 aliphatic heterocycles. The largest absolute Gasteiger partial charge is 0.523 e. The second-order valence-electron chi connectivity index (χ2n) is 3.47. The van der Waals surface area contributed by atoms with Crippen molar-refractivity contribution in [1.82, 2.24) is 0 Å². The van der Waals surface area contributed by atoms with E-state index in [2.05, 4.69) is 14.1 Å². The second-order valence-corrected chi connectivity index (χ2v) is 6.68. The predicted octanol–water partition coefficient (Wildman–Crippen LogP) is -0.180. The summed E-state index contributed by atoms with van der Waals surface area (Å²) in [6, 6.07) is 0. The van der Waals surface area contributed by atoms with E-state index >= 15 is 0 Å². The van der Waals surface area contributed by atoms with Gasteiger partial charge < -0.3 is 5.73 Å². The molecular weight excluding hydrogens is 376 g/mol. The normalized spacial score (nSPS) is 14.3. The van der Waals surface area contributed by atoms with Gasteiger partial charge in [-0.1, -0.05) is 0 Å². The molecule has 132 valence electrons. The Kier molecular flexibility index (Phi) is 6.21. The Morgan fingerprint density at radius 1 is 0.864 bits per heavy atom. The Morgan fingerprint density at radius 2 is 1.14 bits per heavy atom. The molecule has 0 spiro atoms. The van der Waals surface area contributed by atoms with E-state index in [0.29, 0.717) is 0 Å². The Labute approximate surface area is 119 Å². The van der Waals surface area contributed by atoms with Crippen molar-refractivity contribution in [2.45, 2.75) is 11.0 Å². The topological polar surface area (TPSA) is 130 Å². The van der Waals surface area contributed by atoms with Gasteiger partial charge in [0.25, 0.3) is 0 Å². The molecule has 16 heteroatoms. The molecule has 22 heavy (non-hydrogen) atoms. The lowest BCUT2D eigenvalue weighted by atomic mass is 10.2. The third kappa shape index (κ3) is 5.58. The average molecular weight is 383 g/mol. The molecule has 0 aliphatic rings. The molecule has 0 saturated carbocycles. The molecule has 0 aromatic carbocycles. The van der Waals surface area contributed by atoms with E-state index in [4.69, 9.17) is 0 Å². The molecule has 0 rings (SSSR count). The molecular formula is C6H7F6NO7S2. The number of alkyl halides is 6. The number of carbonyl (C=O) groups is 1. The van der Waals surface area contributed by atoms with Gasteiger partial charge in [-0.25, -0.2) is 0 Å². The molecule has 0 aromatic rings. The number of hydrogen-bond acceptors (Lipinski definition) is 7. The van der Waals surface area contributed by atoms with Gasteiger partial charge in [0.2, 0.25) is 5.91 Å². The molecule has 0 atom stereocenters. The van der Waals surface area contributed by atoms with Crippen LogP contribution in [0, 0.1) is 5.92 Å². The van der Waals surface area contributed by atoms with Crippen LogP contribution in [0.3, 0.4) is 0 Å². The Bertz CT molecular complexity index is 558. The molecule has 0 heterocycles. The maximum Gasteiger partial charge on any atom is 0.523 e. The van der Waals surface area contributed by atoms with Gasteiger partial charge in [0.15, 0.2) is 0 Å². The van der Waals surface area contributed by atoms with Gasteiger partial charge in [0.05, 0.1) is 19.1 Å². The fourth-order valence-electron chi connectivity index (χ4n) is 0.689. The summed E-state index contributed by atoms with van der Waals surface area (Å²) in [5, 5.41) is 0. The average Bonchev–Trinajstić information content (AvgIpc) is 2.24. The summed E-state index contributed by atoms with van der Waals surface area (Å²) in [7, 11) is -12.3. The van der Waals surface area contributed by atoms with Crippen LogP contribution in [0.5, 0.6) is 0 Å². The summed E-state index contributed by atoms with van der Waals surface area (Å²) in [5.41, 5.74) is -7.14. The highest BCUT2D eigenvalue weighted by Gasteiger charge is 2.49. The summed E-state index contributed by atoms with van der Waals surface area (Å²) in [6.45, 7) is -3.32. The SMILES string of the molecule is NC(=O)C(COS(=O)(=O)C(F)(F)F)COS(=O)(=O)C(F)(F)F. The lowest BCUT2D eigenvalue weighted by Crippen LogP contribution is -2.36. The number of halogens is 6. The smallest absolute Gasteiger partial charge is 0.369 e. The molecule has 1 amide bonds. The van der Waals surface area contributed by atoms with Gasteiger partial charge in [0, 0.05) is 0 Å². The summed E-state index contributed by atoms with van der Waals surface area (Å²) < 4.78 is 120. The minimum atomic E-state index is -6.14. The van der Waals surface area contributed by atoms with Crippen molar-refractivity contribution in [1.29, 1.82) is 0 Å². The van der Waals surface area contributed by atoms with E-state index in [1.165, 1.54) is 0 Å². The molecule has 8 nitrogen and oxygen atoms in total. The molecule has 0 bridgehead atoms. The summed E-state index contributed by atoms with van der Waals surface area (Å²) >= 11 is 0. The molecule has 0 saturated heterocycles. The van der Waals surface area contributed by atoms with E-state index in [0.717, 1.165) is 0 Å². The number of rotatable bonds is 7. The number of primary amides is 1. The Morgan fingerprint density at radius 3 is 1.32 bits per heavy atom. The summed E-state index contributed by atoms with van der Waals surface area (Å²) in [4.78, 5) is 10.7. The predicted molar refractivity (Wildman–Crippen MR) is 54.5 cm³/mol. The van der Waals surface area contributed by atoms with E-state index in [-0.39, 0.29) is 0 Å². The Balaban J connectivity index is 4.91. The number of carbonyl (C=O) groups excluding carboxylic acids is 1. The van der Waals surface area contributed by atoms with E-state index < -0.39 is 56.3 Å². The zero-order valence-corrected chi connectivity index (χ0v) is 11.6. The first-order chi connectivity index (χ1) is 9.51. The van der Waals surface area contributed by atoms with Crippen LogP contribution >= 0.6 is 0 Å². The van der Waals surface area contributed by atoms with Gasteiger partial charge >= 0.3 is 31.3 Å². The first kappa shape index (κ1) is 20.9. The van der Waals surface area contributed by atoms with Gasteiger partial charge in [0.1, 0.15) is 0 Å². The molecule has 0 radical (unpaired) electrons. The second kappa shape index (κ2) is 6.55. The summed E-state index contributed by atoms with van der Waals surface area (Å²) in [6.07, 6.45) is 0. The maximum absolute atomic E-state index is 11.9. The van der Waals surface area contributed by atoms with E-state index in [9.17, 15) is 48.0 Å². The van der Waals surface area contributed by atoms with E-state index in [1.807, 2.05) is 0 Å². The highest BCUT2D eigenvalue weighted by Crippen LogP contribution is 2.26. The first-order valence-electron chi connectivity index (χ1n) is 4.72. The molecule has 0 fully saturated rings. The zero-order valence-electron chi connectivity index (χ0n) is 10.0. The van der Waals surface area contributed by atoms with Gasteiger partial charge in [-0.15, -0.1) is 0 Å². The van der Waals surface area contributed by atoms with Crippen LogP contribution in [-0.2, 0) is 33.4 Å². The van der Waals surface area contributed by atoms with Crippen LogP contribution in [0.2, 0.25) is 0 Å². The van der Waals surface area contributed by atoms with Crippen molar-refractivity contribution in [3.05, 3.63) is 0 Å². The fourth-order valence-corrected chi connectivity index (χ4v) is 1.64. The minimum Gasteiger partial charge on any atom is -0.369 e. The van der Waals surface area contributed by atoms with Gasteiger partial charge in [-0.3, -0.25) is 13.2 Å². The van der Waals surface area contributed by atoms with Crippen LogP contribution in [-0.4, -0.2) is 47.0 Å². The quantitative estimate of drug-likeness (QED) is 0.367. The zero-order chi connectivity index (χ0) is 18.0. The molecule has 2 N–H and O–H groups in total. The van der Waals surface area contributed by atoms with Crippen LogP contribution in [0.25, 0.3) is 0 Å². The summed E-state index contributed by atoms with van der Waals surface area (Å²) in [5.74, 6) is -3.84. The standard InChI is InChI=1S/C6H7F6NO7S2/c7-5(8,9)21(15,16)19-1-3(4(13)14)2-20-22(17,18)6(10,11)12/h3H,1-2H2,(H2,13,14).